The van der Waals surface area contributed by atoms with Crippen molar-refractivity contribution >= 4 is 22.5 Å². The van der Waals surface area contributed by atoms with Gasteiger partial charge >= 0.3 is 0 Å². The number of fused-ring (bicyclic) bond motifs is 1. The number of aromatic amines is 1. The number of hydrogen-bond donors (Lipinski definition) is 2. The minimum Gasteiger partial charge on any atom is -0.320 e. The van der Waals surface area contributed by atoms with Crippen molar-refractivity contribution in [1.29, 1.82) is 0 Å². The lowest BCUT2D eigenvalue weighted by atomic mass is 10.1. The Morgan fingerprint density at radius 2 is 2.05 bits per heavy atom. The second-order valence-corrected chi connectivity index (χ2v) is 5.53. The lowest BCUT2D eigenvalue weighted by Gasteiger charge is -2.11. The Bertz CT molecular complexity index is 807. The number of para-hydroxylation sites is 1. The number of carbonyl (C=O) groups excluding carboxylic acids is 1. The molecule has 0 aliphatic rings. The average Bonchev–Trinajstić information content (AvgIpc) is 2.96. The smallest absolute Gasteiger partial charge is 0.255 e. The summed E-state index contributed by atoms with van der Waals surface area (Å²) in [6.45, 7) is 0.803. The molecule has 2 aromatic carbocycles. The number of nitrogens with zero attached hydrogens (tertiary/aromatic N) is 2. The van der Waals surface area contributed by atoms with Gasteiger partial charge in [-0.1, -0.05) is 24.3 Å². The summed E-state index contributed by atoms with van der Waals surface area (Å²) in [4.78, 5) is 14.5. The van der Waals surface area contributed by atoms with E-state index < -0.39 is 0 Å². The third-order valence-corrected chi connectivity index (χ3v) is 3.41. The number of aromatic nitrogens is 2. The van der Waals surface area contributed by atoms with Crippen LogP contribution in [0.3, 0.4) is 0 Å². The van der Waals surface area contributed by atoms with E-state index in [-0.39, 0.29) is 5.91 Å². The zero-order valence-electron chi connectivity index (χ0n) is 12.6. The standard InChI is InChI=1S/C17H18N4O/c1-21(2)11-12-5-3-6-13(9-12)17(22)19-15-8-4-7-14-10-18-20-16(14)15/h3-10H,11H2,1-2H3,(H,18,20)(H,19,22). The van der Waals surface area contributed by atoms with Crippen molar-refractivity contribution in [2.45, 2.75) is 6.54 Å². The highest BCUT2D eigenvalue weighted by atomic mass is 16.1. The maximum atomic E-state index is 12.5. The van der Waals surface area contributed by atoms with E-state index in [2.05, 4.69) is 20.4 Å². The van der Waals surface area contributed by atoms with E-state index in [1.807, 2.05) is 56.6 Å². The molecule has 0 bridgehead atoms. The highest BCUT2D eigenvalue weighted by Crippen LogP contribution is 2.21. The predicted molar refractivity (Wildman–Crippen MR) is 87.9 cm³/mol. The molecule has 0 spiro atoms. The second kappa shape index (κ2) is 5.99. The van der Waals surface area contributed by atoms with Gasteiger partial charge in [-0.15, -0.1) is 0 Å². The topological polar surface area (TPSA) is 61.0 Å². The van der Waals surface area contributed by atoms with Gasteiger partial charge in [0, 0.05) is 17.5 Å². The molecular weight excluding hydrogens is 276 g/mol. The van der Waals surface area contributed by atoms with Crippen LogP contribution in [0, 0.1) is 0 Å². The quantitative estimate of drug-likeness (QED) is 0.778. The van der Waals surface area contributed by atoms with E-state index in [4.69, 9.17) is 0 Å². The van der Waals surface area contributed by atoms with Gasteiger partial charge in [0.05, 0.1) is 17.4 Å². The summed E-state index contributed by atoms with van der Waals surface area (Å²) >= 11 is 0. The number of amides is 1. The first-order valence-corrected chi connectivity index (χ1v) is 7.10. The molecule has 2 N–H and O–H groups in total. The third-order valence-electron chi connectivity index (χ3n) is 3.41. The molecular formula is C17H18N4O. The first-order valence-electron chi connectivity index (χ1n) is 7.10. The van der Waals surface area contributed by atoms with Crippen LogP contribution in [0.2, 0.25) is 0 Å². The van der Waals surface area contributed by atoms with Crippen molar-refractivity contribution < 1.29 is 4.79 Å². The van der Waals surface area contributed by atoms with E-state index in [0.29, 0.717) is 5.56 Å². The molecule has 5 nitrogen and oxygen atoms in total. The molecule has 0 saturated carbocycles. The van der Waals surface area contributed by atoms with Crippen molar-refractivity contribution in [2.75, 3.05) is 19.4 Å². The fourth-order valence-electron chi connectivity index (χ4n) is 2.44. The van der Waals surface area contributed by atoms with Crippen LogP contribution in [-0.4, -0.2) is 35.1 Å². The summed E-state index contributed by atoms with van der Waals surface area (Å²) in [6.07, 6.45) is 1.74. The summed E-state index contributed by atoms with van der Waals surface area (Å²) in [5.74, 6) is -0.122. The molecule has 0 unspecified atom stereocenters. The summed E-state index contributed by atoms with van der Waals surface area (Å²) in [5.41, 5.74) is 3.33. The van der Waals surface area contributed by atoms with Gasteiger partial charge in [-0.2, -0.15) is 5.10 Å². The number of nitrogens with one attached hydrogen (secondary N) is 2. The maximum absolute atomic E-state index is 12.5. The first-order chi connectivity index (χ1) is 10.6. The van der Waals surface area contributed by atoms with Gasteiger partial charge in [-0.3, -0.25) is 9.89 Å². The molecule has 3 rings (SSSR count). The minimum atomic E-state index is -0.122. The highest BCUT2D eigenvalue weighted by molar-refractivity contribution is 6.08. The molecule has 0 atom stereocenters. The molecule has 0 saturated heterocycles. The van der Waals surface area contributed by atoms with Gasteiger partial charge in [0.1, 0.15) is 0 Å². The summed E-state index contributed by atoms with van der Waals surface area (Å²) < 4.78 is 0. The number of anilines is 1. The van der Waals surface area contributed by atoms with E-state index in [1.54, 1.807) is 6.20 Å². The number of carbonyl (C=O) groups is 1. The van der Waals surface area contributed by atoms with Crippen LogP contribution < -0.4 is 5.32 Å². The summed E-state index contributed by atoms with van der Waals surface area (Å²) in [5, 5.41) is 10.8. The average molecular weight is 294 g/mol. The van der Waals surface area contributed by atoms with Gasteiger partial charge in [0.2, 0.25) is 0 Å². The molecule has 1 aromatic heterocycles. The van der Waals surface area contributed by atoms with Crippen molar-refractivity contribution in [3.63, 3.8) is 0 Å². The molecule has 1 amide bonds. The Kier molecular flexibility index (Phi) is 3.89. The molecule has 0 fully saturated rings. The number of benzene rings is 2. The molecule has 0 aliphatic carbocycles. The Hall–Kier alpha value is -2.66. The fourth-order valence-corrected chi connectivity index (χ4v) is 2.44. The summed E-state index contributed by atoms with van der Waals surface area (Å²) in [6, 6.07) is 13.4. The van der Waals surface area contributed by atoms with Crippen LogP contribution in [-0.2, 0) is 6.54 Å². The van der Waals surface area contributed by atoms with Gasteiger partial charge in [0.25, 0.3) is 5.91 Å². The molecule has 0 aliphatic heterocycles. The van der Waals surface area contributed by atoms with E-state index in [9.17, 15) is 4.79 Å². The fraction of sp³-hybridized carbons (Fsp3) is 0.176. The first kappa shape index (κ1) is 14.3. The number of hydrogen-bond acceptors (Lipinski definition) is 3. The molecule has 5 heteroatoms. The predicted octanol–water partition coefficient (Wildman–Crippen LogP) is 2.88. The molecule has 1 heterocycles. The Labute approximate surface area is 128 Å². The van der Waals surface area contributed by atoms with Crippen LogP contribution in [0.25, 0.3) is 10.9 Å². The minimum absolute atomic E-state index is 0.122. The monoisotopic (exact) mass is 294 g/mol. The Morgan fingerprint density at radius 1 is 1.23 bits per heavy atom. The lowest BCUT2D eigenvalue weighted by molar-refractivity contribution is 0.102. The zero-order chi connectivity index (χ0) is 15.5. The van der Waals surface area contributed by atoms with Crippen LogP contribution >= 0.6 is 0 Å². The second-order valence-electron chi connectivity index (χ2n) is 5.53. The van der Waals surface area contributed by atoms with E-state index >= 15 is 0 Å². The van der Waals surface area contributed by atoms with E-state index in [1.165, 1.54) is 0 Å². The van der Waals surface area contributed by atoms with Crippen molar-refractivity contribution in [2.24, 2.45) is 0 Å². The summed E-state index contributed by atoms with van der Waals surface area (Å²) in [7, 11) is 4.01. The molecule has 3 aromatic rings. The maximum Gasteiger partial charge on any atom is 0.255 e. The van der Waals surface area contributed by atoms with Crippen LogP contribution in [0.4, 0.5) is 5.69 Å². The Morgan fingerprint density at radius 3 is 2.86 bits per heavy atom. The largest absolute Gasteiger partial charge is 0.320 e. The normalized spacial score (nSPS) is 11.0. The van der Waals surface area contributed by atoms with Crippen molar-refractivity contribution in [1.82, 2.24) is 15.1 Å². The van der Waals surface area contributed by atoms with Crippen LogP contribution in [0.1, 0.15) is 15.9 Å². The SMILES string of the molecule is CN(C)Cc1cccc(C(=O)Nc2cccc3cn[nH]c23)c1. The van der Waals surface area contributed by atoms with Crippen molar-refractivity contribution in [3.8, 4) is 0 Å². The third kappa shape index (κ3) is 2.99. The zero-order valence-corrected chi connectivity index (χ0v) is 12.6. The molecule has 0 radical (unpaired) electrons. The molecule has 22 heavy (non-hydrogen) atoms. The van der Waals surface area contributed by atoms with Crippen LogP contribution in [0.5, 0.6) is 0 Å². The number of H-pyrrole nitrogens is 1. The van der Waals surface area contributed by atoms with Gasteiger partial charge in [-0.05, 0) is 37.9 Å². The van der Waals surface area contributed by atoms with Crippen LogP contribution in [0.15, 0.2) is 48.7 Å². The Balaban J connectivity index is 1.84. The number of rotatable bonds is 4. The van der Waals surface area contributed by atoms with Crippen molar-refractivity contribution in [3.05, 3.63) is 59.8 Å². The van der Waals surface area contributed by atoms with Gasteiger partial charge in [0.15, 0.2) is 0 Å². The highest BCUT2D eigenvalue weighted by Gasteiger charge is 2.10. The van der Waals surface area contributed by atoms with E-state index in [0.717, 1.165) is 28.7 Å². The lowest BCUT2D eigenvalue weighted by Crippen LogP contribution is -2.14. The molecule has 112 valence electrons. The van der Waals surface area contributed by atoms with Gasteiger partial charge in [-0.25, -0.2) is 0 Å². The van der Waals surface area contributed by atoms with Gasteiger partial charge < -0.3 is 10.2 Å².